The SMILES string of the molecule is Cc1ccc(C(N)c2ccc(C(C)(C)C)cc2)c(C)c1. The predicted octanol–water partition coefficient (Wildman–Crippen LogP) is 4.65. The van der Waals surface area contributed by atoms with Crippen molar-refractivity contribution in [2.75, 3.05) is 0 Å². The Labute approximate surface area is 122 Å². The molecule has 0 spiro atoms. The second kappa shape index (κ2) is 5.41. The first-order valence-corrected chi connectivity index (χ1v) is 7.22. The molecule has 0 amide bonds. The zero-order chi connectivity index (χ0) is 14.9. The fourth-order valence-corrected chi connectivity index (χ4v) is 2.54. The molecule has 1 unspecified atom stereocenters. The van der Waals surface area contributed by atoms with Crippen LogP contribution in [-0.2, 0) is 5.41 Å². The summed E-state index contributed by atoms with van der Waals surface area (Å²) in [6.07, 6.45) is 0. The van der Waals surface area contributed by atoms with E-state index < -0.39 is 0 Å². The van der Waals surface area contributed by atoms with Crippen molar-refractivity contribution in [2.24, 2.45) is 5.73 Å². The molecule has 1 nitrogen and oxygen atoms in total. The van der Waals surface area contributed by atoms with Crippen molar-refractivity contribution in [1.82, 2.24) is 0 Å². The van der Waals surface area contributed by atoms with Crippen molar-refractivity contribution in [3.8, 4) is 0 Å². The minimum absolute atomic E-state index is 0.0513. The minimum Gasteiger partial charge on any atom is -0.320 e. The molecule has 0 radical (unpaired) electrons. The van der Waals surface area contributed by atoms with Gasteiger partial charge in [-0.2, -0.15) is 0 Å². The van der Waals surface area contributed by atoms with Crippen molar-refractivity contribution in [3.63, 3.8) is 0 Å². The predicted molar refractivity (Wildman–Crippen MR) is 87.1 cm³/mol. The molecule has 0 fully saturated rings. The van der Waals surface area contributed by atoms with Crippen LogP contribution in [0.15, 0.2) is 42.5 Å². The Morgan fingerprint density at radius 2 is 1.50 bits per heavy atom. The van der Waals surface area contributed by atoms with Crippen LogP contribution in [-0.4, -0.2) is 0 Å². The van der Waals surface area contributed by atoms with Crippen molar-refractivity contribution >= 4 is 0 Å². The lowest BCUT2D eigenvalue weighted by atomic mass is 9.85. The molecule has 0 aliphatic carbocycles. The Bertz CT molecular complexity index is 588. The molecule has 0 heterocycles. The summed E-state index contributed by atoms with van der Waals surface area (Å²) < 4.78 is 0. The zero-order valence-corrected chi connectivity index (χ0v) is 13.2. The van der Waals surface area contributed by atoms with Crippen LogP contribution < -0.4 is 5.73 Å². The van der Waals surface area contributed by atoms with E-state index >= 15 is 0 Å². The molecule has 20 heavy (non-hydrogen) atoms. The normalized spacial score (nSPS) is 13.3. The van der Waals surface area contributed by atoms with Crippen molar-refractivity contribution in [1.29, 1.82) is 0 Å². The highest BCUT2D eigenvalue weighted by molar-refractivity contribution is 5.39. The molecule has 0 saturated heterocycles. The van der Waals surface area contributed by atoms with Gasteiger partial charge in [0.1, 0.15) is 0 Å². The maximum atomic E-state index is 6.43. The molecule has 1 atom stereocenters. The zero-order valence-electron chi connectivity index (χ0n) is 13.2. The van der Waals surface area contributed by atoms with Gasteiger partial charge in [0.05, 0.1) is 6.04 Å². The molecule has 0 aromatic heterocycles. The van der Waals surface area contributed by atoms with Gasteiger partial charge in [-0.05, 0) is 41.5 Å². The van der Waals surface area contributed by atoms with Crippen LogP contribution in [0, 0.1) is 13.8 Å². The molecule has 2 N–H and O–H groups in total. The van der Waals surface area contributed by atoms with Gasteiger partial charge in [0.25, 0.3) is 0 Å². The molecular weight excluding hydrogens is 242 g/mol. The Morgan fingerprint density at radius 1 is 0.900 bits per heavy atom. The third-order valence-electron chi connectivity index (χ3n) is 3.90. The smallest absolute Gasteiger partial charge is 0.0554 e. The molecule has 1 heteroatoms. The number of nitrogens with two attached hydrogens (primary N) is 1. The van der Waals surface area contributed by atoms with Gasteiger partial charge < -0.3 is 5.73 Å². The lowest BCUT2D eigenvalue weighted by Crippen LogP contribution is -2.15. The van der Waals surface area contributed by atoms with Gasteiger partial charge >= 0.3 is 0 Å². The van der Waals surface area contributed by atoms with E-state index in [0.29, 0.717) is 0 Å². The molecule has 0 aliphatic rings. The van der Waals surface area contributed by atoms with Crippen LogP contribution in [0.1, 0.15) is 54.6 Å². The van der Waals surface area contributed by atoms with Crippen LogP contribution in [0.3, 0.4) is 0 Å². The summed E-state index contributed by atoms with van der Waals surface area (Å²) in [6, 6.07) is 15.1. The fraction of sp³-hybridized carbons (Fsp3) is 0.368. The Morgan fingerprint density at radius 3 is 2.00 bits per heavy atom. The summed E-state index contributed by atoms with van der Waals surface area (Å²) in [5.74, 6) is 0. The van der Waals surface area contributed by atoms with Crippen molar-refractivity contribution in [3.05, 3.63) is 70.3 Å². The van der Waals surface area contributed by atoms with Crippen molar-refractivity contribution < 1.29 is 0 Å². The van der Waals surface area contributed by atoms with E-state index in [1.54, 1.807) is 0 Å². The third kappa shape index (κ3) is 3.10. The second-order valence-electron chi connectivity index (χ2n) is 6.71. The minimum atomic E-state index is -0.0513. The molecule has 0 aliphatic heterocycles. The van der Waals surface area contributed by atoms with E-state index in [1.807, 2.05) is 0 Å². The van der Waals surface area contributed by atoms with E-state index in [1.165, 1.54) is 27.8 Å². The van der Waals surface area contributed by atoms with Gasteiger partial charge in [-0.15, -0.1) is 0 Å². The Hall–Kier alpha value is -1.60. The van der Waals surface area contributed by atoms with Crippen LogP contribution in [0.5, 0.6) is 0 Å². The summed E-state index contributed by atoms with van der Waals surface area (Å²) in [5.41, 5.74) is 12.9. The maximum absolute atomic E-state index is 6.43. The highest BCUT2D eigenvalue weighted by atomic mass is 14.6. The summed E-state index contributed by atoms with van der Waals surface area (Å²) in [7, 11) is 0. The Balaban J connectivity index is 2.31. The monoisotopic (exact) mass is 267 g/mol. The van der Waals surface area contributed by atoms with E-state index in [2.05, 4.69) is 77.1 Å². The average molecular weight is 267 g/mol. The quantitative estimate of drug-likeness (QED) is 0.842. The molecule has 0 bridgehead atoms. The first-order valence-electron chi connectivity index (χ1n) is 7.22. The van der Waals surface area contributed by atoms with Crippen molar-refractivity contribution in [2.45, 2.75) is 46.1 Å². The largest absolute Gasteiger partial charge is 0.320 e. The number of rotatable bonds is 2. The van der Waals surface area contributed by atoms with E-state index in [9.17, 15) is 0 Å². The van der Waals surface area contributed by atoms with Gasteiger partial charge in [0.15, 0.2) is 0 Å². The van der Waals surface area contributed by atoms with E-state index in [0.717, 1.165) is 0 Å². The highest BCUT2D eigenvalue weighted by Gasteiger charge is 2.15. The van der Waals surface area contributed by atoms with Gasteiger partial charge in [0.2, 0.25) is 0 Å². The molecular formula is C19H25N. The number of aryl methyl sites for hydroxylation is 2. The lowest BCUT2D eigenvalue weighted by Gasteiger charge is -2.21. The standard InChI is InChI=1S/C19H25N/c1-13-6-11-17(14(2)12-13)18(20)15-7-9-16(10-8-15)19(3,4)5/h6-12,18H,20H2,1-5H3. The van der Waals surface area contributed by atoms with Crippen LogP contribution in [0.2, 0.25) is 0 Å². The Kier molecular flexibility index (Phi) is 4.01. The number of benzene rings is 2. The average Bonchev–Trinajstić information content (AvgIpc) is 2.37. The van der Waals surface area contributed by atoms with Crippen LogP contribution in [0.25, 0.3) is 0 Å². The molecule has 106 valence electrons. The van der Waals surface area contributed by atoms with E-state index in [4.69, 9.17) is 5.73 Å². The summed E-state index contributed by atoms with van der Waals surface area (Å²) >= 11 is 0. The molecule has 2 aromatic rings. The number of hydrogen-bond acceptors (Lipinski definition) is 1. The van der Waals surface area contributed by atoms with E-state index in [-0.39, 0.29) is 11.5 Å². The lowest BCUT2D eigenvalue weighted by molar-refractivity contribution is 0.589. The highest BCUT2D eigenvalue weighted by Crippen LogP contribution is 2.27. The summed E-state index contributed by atoms with van der Waals surface area (Å²) in [5, 5.41) is 0. The summed E-state index contributed by atoms with van der Waals surface area (Å²) in [4.78, 5) is 0. The van der Waals surface area contributed by atoms with Gasteiger partial charge in [-0.1, -0.05) is 68.8 Å². The topological polar surface area (TPSA) is 26.0 Å². The third-order valence-corrected chi connectivity index (χ3v) is 3.90. The number of hydrogen-bond donors (Lipinski definition) is 1. The first kappa shape index (κ1) is 14.8. The second-order valence-corrected chi connectivity index (χ2v) is 6.71. The molecule has 2 aromatic carbocycles. The fourth-order valence-electron chi connectivity index (χ4n) is 2.54. The maximum Gasteiger partial charge on any atom is 0.0554 e. The van der Waals surface area contributed by atoms with Crippen LogP contribution >= 0.6 is 0 Å². The summed E-state index contributed by atoms with van der Waals surface area (Å²) in [6.45, 7) is 10.9. The molecule has 2 rings (SSSR count). The molecule has 0 saturated carbocycles. The van der Waals surface area contributed by atoms with Gasteiger partial charge in [-0.25, -0.2) is 0 Å². The van der Waals surface area contributed by atoms with Crippen LogP contribution in [0.4, 0.5) is 0 Å². The van der Waals surface area contributed by atoms with Gasteiger partial charge in [-0.3, -0.25) is 0 Å². The first-order chi connectivity index (χ1) is 9.29. The van der Waals surface area contributed by atoms with Gasteiger partial charge in [0, 0.05) is 0 Å².